The molecule has 22 heavy (non-hydrogen) atoms. The Balaban J connectivity index is 1.65. The molecule has 0 spiro atoms. The summed E-state index contributed by atoms with van der Waals surface area (Å²) < 4.78 is 0. The number of rotatable bonds is 0. The molecule has 0 radical (unpaired) electrons. The topological polar surface area (TPSA) is 37.3 Å². The van der Waals surface area contributed by atoms with Crippen LogP contribution >= 0.6 is 0 Å². The molecule has 2 nitrogen and oxygen atoms in total. The Morgan fingerprint density at radius 3 is 2.50 bits per heavy atom. The van der Waals surface area contributed by atoms with Crippen LogP contribution in [-0.4, -0.2) is 17.0 Å². The molecule has 2 heteroatoms. The van der Waals surface area contributed by atoms with Gasteiger partial charge in [0.15, 0.2) is 0 Å². The summed E-state index contributed by atoms with van der Waals surface area (Å²) in [6.45, 7) is 7.01. The van der Waals surface area contributed by atoms with E-state index in [-0.39, 0.29) is 17.4 Å². The summed E-state index contributed by atoms with van der Waals surface area (Å²) in [4.78, 5) is 12.2. The van der Waals surface area contributed by atoms with Gasteiger partial charge in [-0.15, -0.1) is 0 Å². The molecular weight excluding hydrogens is 272 g/mol. The zero-order valence-corrected chi connectivity index (χ0v) is 14.5. The number of aliphatic hydroxyl groups excluding tert-OH is 1. The molecule has 4 aliphatic rings. The Kier molecular flexibility index (Phi) is 3.32. The third-order valence-electron chi connectivity index (χ3n) is 8.76. The SMILES string of the molecule is CC1C[C@@]2(C)C(CC[C@@H]3[C@@H]2CC[C@]2(C)C(O)CC[C@@H]32)CC1=O. The number of carbonyl (C=O) groups excluding carboxylic acids is 1. The Morgan fingerprint density at radius 1 is 1.00 bits per heavy atom. The molecule has 4 aliphatic carbocycles. The van der Waals surface area contributed by atoms with E-state index in [0.717, 1.165) is 37.0 Å². The van der Waals surface area contributed by atoms with Gasteiger partial charge in [-0.3, -0.25) is 4.79 Å². The van der Waals surface area contributed by atoms with E-state index in [1.54, 1.807) is 0 Å². The molecule has 0 heterocycles. The summed E-state index contributed by atoms with van der Waals surface area (Å²) >= 11 is 0. The average Bonchev–Trinajstić information content (AvgIpc) is 2.77. The molecule has 0 aromatic carbocycles. The van der Waals surface area contributed by atoms with Crippen molar-refractivity contribution >= 4 is 5.78 Å². The fraction of sp³-hybridized carbons (Fsp3) is 0.950. The second kappa shape index (κ2) is 4.82. The molecule has 8 atom stereocenters. The first-order valence-corrected chi connectivity index (χ1v) is 9.57. The van der Waals surface area contributed by atoms with Gasteiger partial charge < -0.3 is 5.11 Å². The molecule has 1 N–H and O–H groups in total. The van der Waals surface area contributed by atoms with E-state index in [1.807, 2.05) is 0 Å². The number of Topliss-reactive ketones (excluding diaryl/α,β-unsaturated/α-hetero) is 1. The van der Waals surface area contributed by atoms with Crippen molar-refractivity contribution in [3.63, 3.8) is 0 Å². The average molecular weight is 304 g/mol. The minimum atomic E-state index is -0.0733. The van der Waals surface area contributed by atoms with Gasteiger partial charge in [0, 0.05) is 12.3 Å². The van der Waals surface area contributed by atoms with Crippen LogP contribution in [0.2, 0.25) is 0 Å². The van der Waals surface area contributed by atoms with Crippen molar-refractivity contribution in [3.05, 3.63) is 0 Å². The van der Waals surface area contributed by atoms with Crippen LogP contribution in [0.5, 0.6) is 0 Å². The fourth-order valence-electron chi connectivity index (χ4n) is 7.38. The van der Waals surface area contributed by atoms with Gasteiger partial charge in [0.05, 0.1) is 6.10 Å². The third-order valence-corrected chi connectivity index (χ3v) is 8.76. The molecule has 124 valence electrons. The minimum Gasteiger partial charge on any atom is -0.393 e. The van der Waals surface area contributed by atoms with E-state index in [9.17, 15) is 9.90 Å². The summed E-state index contributed by atoms with van der Waals surface area (Å²) in [5.41, 5.74) is 0.561. The lowest BCUT2D eigenvalue weighted by Crippen LogP contribution is -2.55. The molecule has 4 fully saturated rings. The van der Waals surface area contributed by atoms with E-state index in [0.29, 0.717) is 17.1 Å². The van der Waals surface area contributed by atoms with Crippen molar-refractivity contribution in [2.45, 2.75) is 78.2 Å². The first-order chi connectivity index (χ1) is 10.4. The lowest BCUT2D eigenvalue weighted by molar-refractivity contribution is -0.148. The molecule has 0 aromatic heterocycles. The van der Waals surface area contributed by atoms with Gasteiger partial charge >= 0.3 is 0 Å². The van der Waals surface area contributed by atoms with Gasteiger partial charge in [0.1, 0.15) is 5.78 Å². The minimum absolute atomic E-state index is 0.0733. The highest BCUT2D eigenvalue weighted by molar-refractivity contribution is 5.82. The summed E-state index contributed by atoms with van der Waals surface area (Å²) in [5, 5.41) is 10.5. The Morgan fingerprint density at radius 2 is 1.73 bits per heavy atom. The Bertz CT molecular complexity index is 486. The number of ketones is 1. The van der Waals surface area contributed by atoms with Gasteiger partial charge in [-0.25, -0.2) is 0 Å². The molecule has 0 saturated heterocycles. The molecule has 0 bridgehead atoms. The van der Waals surface area contributed by atoms with E-state index >= 15 is 0 Å². The van der Waals surface area contributed by atoms with Crippen LogP contribution in [0, 0.1) is 40.4 Å². The van der Waals surface area contributed by atoms with Crippen LogP contribution in [-0.2, 0) is 4.79 Å². The van der Waals surface area contributed by atoms with Crippen LogP contribution in [0.3, 0.4) is 0 Å². The highest BCUT2D eigenvalue weighted by Crippen LogP contribution is 2.66. The maximum absolute atomic E-state index is 12.2. The quantitative estimate of drug-likeness (QED) is 0.728. The number of carbonyl (C=O) groups is 1. The largest absolute Gasteiger partial charge is 0.393 e. The second-order valence-corrected chi connectivity index (χ2v) is 9.57. The number of fused-ring (bicyclic) bond motifs is 5. The third kappa shape index (κ3) is 1.85. The van der Waals surface area contributed by atoms with E-state index in [4.69, 9.17) is 0 Å². The lowest BCUT2D eigenvalue weighted by atomic mass is 9.44. The zero-order chi connectivity index (χ0) is 15.7. The van der Waals surface area contributed by atoms with Crippen molar-refractivity contribution in [2.75, 3.05) is 0 Å². The summed E-state index contributed by atoms with van der Waals surface area (Å²) in [6, 6.07) is 0. The van der Waals surface area contributed by atoms with Crippen LogP contribution in [0.15, 0.2) is 0 Å². The van der Waals surface area contributed by atoms with Gasteiger partial charge in [0.25, 0.3) is 0 Å². The Labute approximate surface area is 135 Å². The molecule has 3 unspecified atom stereocenters. The van der Waals surface area contributed by atoms with Crippen LogP contribution in [0.25, 0.3) is 0 Å². The summed E-state index contributed by atoms with van der Waals surface area (Å²) in [5.74, 6) is 3.74. The van der Waals surface area contributed by atoms with E-state index in [2.05, 4.69) is 20.8 Å². The van der Waals surface area contributed by atoms with Gasteiger partial charge in [0.2, 0.25) is 0 Å². The van der Waals surface area contributed by atoms with Crippen molar-refractivity contribution in [3.8, 4) is 0 Å². The van der Waals surface area contributed by atoms with Gasteiger partial charge in [-0.05, 0) is 79.4 Å². The van der Waals surface area contributed by atoms with Crippen LogP contribution < -0.4 is 0 Å². The zero-order valence-electron chi connectivity index (χ0n) is 14.5. The highest BCUT2D eigenvalue weighted by Gasteiger charge is 2.60. The van der Waals surface area contributed by atoms with Gasteiger partial charge in [-0.2, -0.15) is 0 Å². The standard InChI is InChI=1S/C20H32O2/c1-12-11-20(3)13(10-17(12)21)4-5-14-15-6-7-18(22)19(15,2)9-8-16(14)20/h12-16,18,22H,4-11H2,1-3H3/t12?,13?,14-,15-,16-,18?,19-,20-/m0/s1. The predicted molar refractivity (Wildman–Crippen MR) is 87.3 cm³/mol. The summed E-state index contributed by atoms with van der Waals surface area (Å²) in [7, 11) is 0. The first kappa shape index (κ1) is 15.2. The van der Waals surface area contributed by atoms with Crippen LogP contribution in [0.4, 0.5) is 0 Å². The molecule has 0 aromatic rings. The molecular formula is C20H32O2. The number of hydrogen-bond acceptors (Lipinski definition) is 2. The van der Waals surface area contributed by atoms with Gasteiger partial charge in [-0.1, -0.05) is 20.8 Å². The maximum Gasteiger partial charge on any atom is 0.136 e. The van der Waals surface area contributed by atoms with Crippen LogP contribution in [0.1, 0.15) is 72.1 Å². The lowest BCUT2D eigenvalue weighted by Gasteiger charge is -2.60. The fourth-order valence-corrected chi connectivity index (χ4v) is 7.38. The monoisotopic (exact) mass is 304 g/mol. The van der Waals surface area contributed by atoms with Crippen molar-refractivity contribution in [1.82, 2.24) is 0 Å². The number of hydrogen-bond donors (Lipinski definition) is 1. The van der Waals surface area contributed by atoms with Crippen molar-refractivity contribution < 1.29 is 9.90 Å². The van der Waals surface area contributed by atoms with E-state index < -0.39 is 0 Å². The molecule has 4 saturated carbocycles. The maximum atomic E-state index is 12.2. The molecule has 0 amide bonds. The molecule has 4 rings (SSSR count). The normalized spacial score (nSPS) is 57.9. The van der Waals surface area contributed by atoms with Crippen molar-refractivity contribution in [1.29, 1.82) is 0 Å². The predicted octanol–water partition coefficient (Wildman–Crippen LogP) is 4.21. The number of aliphatic hydroxyl groups is 1. The smallest absolute Gasteiger partial charge is 0.136 e. The first-order valence-electron chi connectivity index (χ1n) is 9.57. The second-order valence-electron chi connectivity index (χ2n) is 9.57. The van der Waals surface area contributed by atoms with E-state index in [1.165, 1.54) is 32.1 Å². The van der Waals surface area contributed by atoms with Crippen molar-refractivity contribution in [2.24, 2.45) is 40.4 Å². The Hall–Kier alpha value is -0.370. The highest BCUT2D eigenvalue weighted by atomic mass is 16.3. The molecule has 0 aliphatic heterocycles. The summed E-state index contributed by atoms with van der Waals surface area (Å²) in [6.07, 6.45) is 9.16.